The largest absolute Gasteiger partial charge is 0.416 e. The third-order valence-corrected chi connectivity index (χ3v) is 4.89. The molecule has 0 aromatic heterocycles. The summed E-state index contributed by atoms with van der Waals surface area (Å²) < 4.78 is 52.2. The number of nitrogens with zero attached hydrogens (tertiary/aromatic N) is 2. The molecule has 0 radical (unpaired) electrons. The number of nitro groups is 1. The number of carbonyl (C=O) groups excluding carboxylic acids is 2. The van der Waals surface area contributed by atoms with Crippen LogP contribution in [0.4, 0.5) is 28.9 Å². The van der Waals surface area contributed by atoms with Crippen LogP contribution in [0.25, 0.3) is 0 Å². The summed E-state index contributed by atoms with van der Waals surface area (Å²) in [4.78, 5) is 36.6. The molecule has 0 unspecified atom stereocenters. The predicted octanol–water partition coefficient (Wildman–Crippen LogP) is 3.56. The SMILES string of the molecule is CN1C[C@@H](c2ccc(C(F)(F)F)cc2)[C@H](C(=O)Nc2cccc(F)c2[N+](=O)[O-])C1=O. The van der Waals surface area contributed by atoms with Gasteiger partial charge in [0.15, 0.2) is 0 Å². The van der Waals surface area contributed by atoms with E-state index < -0.39 is 57.5 Å². The fourth-order valence-corrected chi connectivity index (χ4v) is 3.42. The maximum Gasteiger partial charge on any atom is 0.416 e. The average Bonchev–Trinajstić information content (AvgIpc) is 2.96. The van der Waals surface area contributed by atoms with E-state index in [4.69, 9.17) is 0 Å². The molecular weight excluding hydrogens is 410 g/mol. The number of rotatable bonds is 4. The highest BCUT2D eigenvalue weighted by Gasteiger charge is 2.45. The third-order valence-electron chi connectivity index (χ3n) is 4.89. The molecule has 2 atom stereocenters. The number of anilines is 1. The highest BCUT2D eigenvalue weighted by Crippen LogP contribution is 2.37. The van der Waals surface area contributed by atoms with Crippen molar-refractivity contribution in [3.8, 4) is 0 Å². The molecular formula is C19H15F4N3O4. The van der Waals surface area contributed by atoms with Crippen molar-refractivity contribution >= 4 is 23.2 Å². The second-order valence-electron chi connectivity index (χ2n) is 6.81. The first kappa shape index (κ1) is 21.2. The molecule has 7 nitrogen and oxygen atoms in total. The summed E-state index contributed by atoms with van der Waals surface area (Å²) in [6.45, 7) is 0.0630. The minimum atomic E-state index is -4.53. The lowest BCUT2D eigenvalue weighted by molar-refractivity contribution is -0.386. The summed E-state index contributed by atoms with van der Waals surface area (Å²) in [5, 5.41) is 13.3. The van der Waals surface area contributed by atoms with E-state index in [9.17, 15) is 37.3 Å². The molecule has 30 heavy (non-hydrogen) atoms. The van der Waals surface area contributed by atoms with E-state index in [0.717, 1.165) is 30.3 Å². The first-order chi connectivity index (χ1) is 14.0. The fourth-order valence-electron chi connectivity index (χ4n) is 3.42. The zero-order valence-electron chi connectivity index (χ0n) is 15.4. The minimum absolute atomic E-state index is 0.0630. The number of nitrogens with one attached hydrogen (secondary N) is 1. The Bertz CT molecular complexity index is 1010. The number of carbonyl (C=O) groups is 2. The van der Waals surface area contributed by atoms with Crippen molar-refractivity contribution in [3.05, 3.63) is 69.5 Å². The van der Waals surface area contributed by atoms with Crippen LogP contribution in [0.1, 0.15) is 17.0 Å². The van der Waals surface area contributed by atoms with Gasteiger partial charge in [0.2, 0.25) is 17.6 Å². The number of halogens is 4. The smallest absolute Gasteiger partial charge is 0.344 e. The molecule has 0 bridgehead atoms. The minimum Gasteiger partial charge on any atom is -0.344 e. The highest BCUT2D eigenvalue weighted by molar-refractivity contribution is 6.09. The van der Waals surface area contributed by atoms with Crippen molar-refractivity contribution < 1.29 is 32.1 Å². The van der Waals surface area contributed by atoms with Gasteiger partial charge in [0.25, 0.3) is 0 Å². The van der Waals surface area contributed by atoms with E-state index in [-0.39, 0.29) is 6.54 Å². The van der Waals surface area contributed by atoms with Gasteiger partial charge in [-0.15, -0.1) is 0 Å². The van der Waals surface area contributed by atoms with Crippen LogP contribution in [-0.2, 0) is 15.8 Å². The number of likely N-dealkylation sites (N-methyl/N-ethyl adjacent to an activating group) is 1. The molecule has 1 N–H and O–H groups in total. The summed E-state index contributed by atoms with van der Waals surface area (Å²) in [5.74, 6) is -4.79. The van der Waals surface area contributed by atoms with E-state index in [1.165, 1.54) is 24.1 Å². The fraction of sp³-hybridized carbons (Fsp3) is 0.263. The molecule has 2 aromatic rings. The van der Waals surface area contributed by atoms with Crippen LogP contribution in [0.15, 0.2) is 42.5 Å². The van der Waals surface area contributed by atoms with Gasteiger partial charge in [-0.1, -0.05) is 18.2 Å². The van der Waals surface area contributed by atoms with Crippen molar-refractivity contribution in [2.75, 3.05) is 18.9 Å². The Balaban J connectivity index is 1.91. The van der Waals surface area contributed by atoms with Crippen LogP contribution in [0.5, 0.6) is 0 Å². The average molecular weight is 425 g/mol. The maximum atomic E-state index is 13.8. The molecule has 11 heteroatoms. The van der Waals surface area contributed by atoms with Crippen LogP contribution in [0.3, 0.4) is 0 Å². The van der Waals surface area contributed by atoms with Crippen molar-refractivity contribution in [3.63, 3.8) is 0 Å². The third kappa shape index (κ3) is 3.95. The van der Waals surface area contributed by atoms with Gasteiger partial charge in [0, 0.05) is 19.5 Å². The normalized spacial score (nSPS) is 19.1. The number of amides is 2. The van der Waals surface area contributed by atoms with Crippen molar-refractivity contribution in [1.29, 1.82) is 0 Å². The van der Waals surface area contributed by atoms with Gasteiger partial charge in [0.1, 0.15) is 11.6 Å². The van der Waals surface area contributed by atoms with Gasteiger partial charge < -0.3 is 10.2 Å². The topological polar surface area (TPSA) is 92.6 Å². The highest BCUT2D eigenvalue weighted by atomic mass is 19.4. The van der Waals surface area contributed by atoms with E-state index in [0.29, 0.717) is 5.56 Å². The molecule has 0 aliphatic carbocycles. The Morgan fingerprint density at radius 2 is 1.83 bits per heavy atom. The van der Waals surface area contributed by atoms with E-state index >= 15 is 0 Å². The molecule has 0 saturated carbocycles. The summed E-state index contributed by atoms with van der Waals surface area (Å²) in [5.41, 5.74) is -1.91. The van der Waals surface area contributed by atoms with Crippen LogP contribution >= 0.6 is 0 Å². The maximum absolute atomic E-state index is 13.8. The number of likely N-dealkylation sites (tertiary alicyclic amines) is 1. The molecule has 3 rings (SSSR count). The van der Waals surface area contributed by atoms with Crippen molar-refractivity contribution in [2.45, 2.75) is 12.1 Å². The zero-order valence-corrected chi connectivity index (χ0v) is 15.4. The Labute approximate surface area is 167 Å². The van der Waals surface area contributed by atoms with Gasteiger partial charge >= 0.3 is 11.9 Å². The number of hydrogen-bond donors (Lipinski definition) is 1. The van der Waals surface area contributed by atoms with Crippen molar-refractivity contribution in [2.24, 2.45) is 5.92 Å². The molecule has 1 aliphatic heterocycles. The number of alkyl halides is 3. The lowest BCUT2D eigenvalue weighted by Gasteiger charge is -2.18. The second kappa shape index (κ2) is 7.73. The van der Waals surface area contributed by atoms with Crippen LogP contribution in [-0.4, -0.2) is 35.2 Å². The second-order valence-corrected chi connectivity index (χ2v) is 6.81. The first-order valence-corrected chi connectivity index (χ1v) is 8.66. The molecule has 0 spiro atoms. The lowest BCUT2D eigenvalue weighted by Crippen LogP contribution is -2.33. The zero-order chi connectivity index (χ0) is 22.2. The standard InChI is InChI=1S/C19H15F4N3O4/c1-25-9-12(10-5-7-11(8-6-10)19(21,22)23)15(18(25)28)17(27)24-14-4-2-3-13(20)16(14)26(29)30/h2-8,12,15H,9H2,1H3,(H,24,27)/t12-,15+/m0/s1. The molecule has 1 heterocycles. The number of nitro benzene ring substituents is 1. The Hall–Kier alpha value is -3.50. The molecule has 1 saturated heterocycles. The van der Waals surface area contributed by atoms with Crippen LogP contribution in [0.2, 0.25) is 0 Å². The van der Waals surface area contributed by atoms with Gasteiger partial charge in [-0.05, 0) is 29.8 Å². The molecule has 158 valence electrons. The van der Waals surface area contributed by atoms with Gasteiger partial charge in [-0.25, -0.2) is 0 Å². The van der Waals surface area contributed by atoms with E-state index in [2.05, 4.69) is 5.32 Å². The molecule has 1 aliphatic rings. The predicted molar refractivity (Wildman–Crippen MR) is 97.0 cm³/mol. The lowest BCUT2D eigenvalue weighted by atomic mass is 9.87. The Morgan fingerprint density at radius 3 is 2.40 bits per heavy atom. The van der Waals surface area contributed by atoms with E-state index in [1.54, 1.807) is 0 Å². The summed E-state index contributed by atoms with van der Waals surface area (Å²) >= 11 is 0. The van der Waals surface area contributed by atoms with E-state index in [1.807, 2.05) is 0 Å². The Kier molecular flexibility index (Phi) is 5.47. The van der Waals surface area contributed by atoms with Gasteiger partial charge in [0.05, 0.1) is 10.5 Å². The van der Waals surface area contributed by atoms with Gasteiger partial charge in [-0.3, -0.25) is 19.7 Å². The summed E-state index contributed by atoms with van der Waals surface area (Å²) in [6, 6.07) is 7.21. The number of para-hydroxylation sites is 1. The Morgan fingerprint density at radius 1 is 1.20 bits per heavy atom. The van der Waals surface area contributed by atoms with Crippen molar-refractivity contribution in [1.82, 2.24) is 4.90 Å². The van der Waals surface area contributed by atoms with Crippen LogP contribution < -0.4 is 5.32 Å². The quantitative estimate of drug-likeness (QED) is 0.351. The molecule has 2 aromatic carbocycles. The number of benzene rings is 2. The number of hydrogen-bond acceptors (Lipinski definition) is 4. The molecule has 2 amide bonds. The monoisotopic (exact) mass is 425 g/mol. The van der Waals surface area contributed by atoms with Gasteiger partial charge in [-0.2, -0.15) is 17.6 Å². The first-order valence-electron chi connectivity index (χ1n) is 8.66. The summed E-state index contributed by atoms with van der Waals surface area (Å²) in [7, 11) is 1.43. The summed E-state index contributed by atoms with van der Waals surface area (Å²) in [6.07, 6.45) is -4.53. The molecule has 1 fully saturated rings. The van der Waals surface area contributed by atoms with Crippen LogP contribution in [0, 0.1) is 21.8 Å².